The summed E-state index contributed by atoms with van der Waals surface area (Å²) in [5.41, 5.74) is 12.9. The molecule has 0 spiro atoms. The molecule has 2 aromatic heterocycles. The predicted molar refractivity (Wildman–Crippen MR) is 199 cm³/mol. The molecule has 0 fully saturated rings. The van der Waals surface area contributed by atoms with Crippen molar-refractivity contribution in [2.75, 3.05) is 6.54 Å². The van der Waals surface area contributed by atoms with E-state index in [4.69, 9.17) is 4.98 Å². The lowest BCUT2D eigenvalue weighted by Gasteiger charge is -2.14. The van der Waals surface area contributed by atoms with Gasteiger partial charge in [-0.25, -0.2) is 4.98 Å². The first-order valence-electron chi connectivity index (χ1n) is 16.4. The molecule has 7 aromatic rings. The fraction of sp³-hybridized carbons (Fsp3) is 0.0682. The van der Waals surface area contributed by atoms with Crippen LogP contribution < -0.4 is 5.32 Å². The van der Waals surface area contributed by atoms with Crippen molar-refractivity contribution in [3.63, 3.8) is 0 Å². The summed E-state index contributed by atoms with van der Waals surface area (Å²) in [6, 6.07) is 44.2. The van der Waals surface area contributed by atoms with Crippen LogP contribution in [0.15, 0.2) is 158 Å². The highest BCUT2D eigenvalue weighted by Gasteiger charge is 2.18. The first kappa shape index (κ1) is 27.4. The summed E-state index contributed by atoms with van der Waals surface area (Å²) in [5.74, 6) is 0. The molecule has 0 radical (unpaired) electrons. The third-order valence-electron chi connectivity index (χ3n) is 9.46. The normalized spacial score (nSPS) is 14.4. The van der Waals surface area contributed by atoms with Crippen molar-refractivity contribution in [3.05, 3.63) is 164 Å². The van der Waals surface area contributed by atoms with Crippen LogP contribution in [0.3, 0.4) is 0 Å². The Bertz CT molecular complexity index is 2440. The van der Waals surface area contributed by atoms with Crippen LogP contribution in [0.4, 0.5) is 0 Å². The lowest BCUT2D eigenvalue weighted by molar-refractivity contribution is 0.974. The van der Waals surface area contributed by atoms with Crippen molar-refractivity contribution < 1.29 is 0 Å². The maximum Gasteiger partial charge on any atom is 0.0709 e. The van der Waals surface area contributed by atoms with Gasteiger partial charge in [-0.15, -0.1) is 0 Å². The van der Waals surface area contributed by atoms with Gasteiger partial charge in [0.1, 0.15) is 0 Å². The lowest BCUT2D eigenvalue weighted by atomic mass is 9.99. The summed E-state index contributed by atoms with van der Waals surface area (Å²) in [5, 5.41) is 8.23. The van der Waals surface area contributed by atoms with Gasteiger partial charge in [0, 0.05) is 34.0 Å². The standard InChI is InChI=1S/C44H33N3/c1-3-8-30(9-4-1)31-14-16-32(17-15-31)34-18-22-39-40-23-19-35-28-36(42-13-7-12-41(46-42)33-24-26-45-27-25-33)20-21-38(35)44(40)47(43(39)29-34)37-10-5-2-6-11-37/h1,3-5,7-26,28-29,45H,2,6,27H2. The molecule has 0 amide bonds. The highest BCUT2D eigenvalue weighted by atomic mass is 15.0. The second kappa shape index (κ2) is 11.5. The Labute approximate surface area is 274 Å². The van der Waals surface area contributed by atoms with E-state index in [0.29, 0.717) is 0 Å². The summed E-state index contributed by atoms with van der Waals surface area (Å²) < 4.78 is 2.49. The largest absolute Gasteiger partial charge is 0.387 e. The van der Waals surface area contributed by atoms with Crippen LogP contribution in [0.5, 0.6) is 0 Å². The van der Waals surface area contributed by atoms with Crippen molar-refractivity contribution in [2.24, 2.45) is 0 Å². The van der Waals surface area contributed by atoms with E-state index in [0.717, 1.165) is 41.9 Å². The number of fused-ring (bicyclic) bond motifs is 5. The Hall–Kier alpha value is -5.93. The van der Waals surface area contributed by atoms with Crippen LogP contribution in [0, 0.1) is 0 Å². The van der Waals surface area contributed by atoms with E-state index in [1.54, 1.807) is 0 Å². The summed E-state index contributed by atoms with van der Waals surface area (Å²) in [4.78, 5) is 5.05. The van der Waals surface area contributed by atoms with Gasteiger partial charge in [-0.05, 0) is 88.7 Å². The minimum absolute atomic E-state index is 0.825. The molecule has 0 saturated carbocycles. The zero-order valence-corrected chi connectivity index (χ0v) is 26.0. The number of dihydropyridines is 1. The van der Waals surface area contributed by atoms with Gasteiger partial charge >= 0.3 is 0 Å². The van der Waals surface area contributed by atoms with Crippen LogP contribution in [0.1, 0.15) is 18.5 Å². The summed E-state index contributed by atoms with van der Waals surface area (Å²) in [6.45, 7) is 0.825. The predicted octanol–water partition coefficient (Wildman–Crippen LogP) is 11.0. The first-order valence-corrected chi connectivity index (χ1v) is 16.4. The number of benzene rings is 5. The minimum atomic E-state index is 0.825. The Balaban J connectivity index is 1.19. The number of hydrogen-bond acceptors (Lipinski definition) is 2. The monoisotopic (exact) mass is 603 g/mol. The molecular formula is C44H33N3. The zero-order valence-electron chi connectivity index (χ0n) is 26.0. The van der Waals surface area contributed by atoms with E-state index in [-0.39, 0.29) is 0 Å². The quantitative estimate of drug-likeness (QED) is 0.212. The van der Waals surface area contributed by atoms with Crippen molar-refractivity contribution in [2.45, 2.75) is 12.8 Å². The number of nitrogens with one attached hydrogen (secondary N) is 1. The van der Waals surface area contributed by atoms with Gasteiger partial charge in [-0.3, -0.25) is 0 Å². The van der Waals surface area contributed by atoms with Gasteiger partial charge < -0.3 is 9.88 Å². The molecule has 0 saturated heterocycles. The third-order valence-corrected chi connectivity index (χ3v) is 9.46. The summed E-state index contributed by atoms with van der Waals surface area (Å²) in [6.07, 6.45) is 15.4. The highest BCUT2D eigenvalue weighted by Crippen LogP contribution is 2.40. The highest BCUT2D eigenvalue weighted by molar-refractivity contribution is 6.20. The van der Waals surface area contributed by atoms with Gasteiger partial charge in [0.2, 0.25) is 0 Å². The van der Waals surface area contributed by atoms with Crippen molar-refractivity contribution in [1.82, 2.24) is 14.9 Å². The van der Waals surface area contributed by atoms with Crippen LogP contribution in [0.2, 0.25) is 0 Å². The molecule has 0 unspecified atom stereocenters. The molecule has 1 aliphatic heterocycles. The molecule has 9 rings (SSSR count). The van der Waals surface area contributed by atoms with Crippen LogP contribution in [-0.2, 0) is 0 Å². The Morgan fingerprint density at radius 2 is 1.30 bits per heavy atom. The van der Waals surface area contributed by atoms with Crippen LogP contribution >= 0.6 is 0 Å². The van der Waals surface area contributed by atoms with Crippen molar-refractivity contribution in [3.8, 4) is 33.5 Å². The maximum absolute atomic E-state index is 5.05. The Morgan fingerprint density at radius 3 is 2.11 bits per heavy atom. The minimum Gasteiger partial charge on any atom is -0.387 e. The molecule has 0 atom stereocenters. The molecule has 1 aliphatic carbocycles. The molecule has 1 N–H and O–H groups in total. The maximum atomic E-state index is 5.05. The summed E-state index contributed by atoms with van der Waals surface area (Å²) >= 11 is 0. The Kier molecular flexibility index (Phi) is 6.68. The molecule has 224 valence electrons. The van der Waals surface area contributed by atoms with Gasteiger partial charge in [0.25, 0.3) is 0 Å². The second-order valence-electron chi connectivity index (χ2n) is 12.3. The SMILES string of the molecule is C1=CC(n2c3cc(-c4ccc(-c5ccccc5)cc4)ccc3c3ccc4cc(-c5cccc(C6=CCNC=C6)n5)ccc4c32)=CCC1. The van der Waals surface area contributed by atoms with E-state index < -0.39 is 0 Å². The molecule has 3 nitrogen and oxygen atoms in total. The van der Waals surface area contributed by atoms with E-state index in [1.807, 2.05) is 6.20 Å². The third kappa shape index (κ3) is 4.88. The van der Waals surface area contributed by atoms with E-state index in [2.05, 4.69) is 162 Å². The van der Waals surface area contributed by atoms with E-state index in [1.165, 1.54) is 60.5 Å². The van der Waals surface area contributed by atoms with Gasteiger partial charge in [-0.1, -0.05) is 115 Å². The number of nitrogens with zero attached hydrogens (tertiary/aromatic N) is 2. The first-order chi connectivity index (χ1) is 23.3. The molecular weight excluding hydrogens is 571 g/mol. The van der Waals surface area contributed by atoms with Crippen LogP contribution in [-0.4, -0.2) is 16.1 Å². The number of pyridine rings is 1. The average Bonchev–Trinajstić information content (AvgIpc) is 3.50. The molecule has 2 aliphatic rings. The van der Waals surface area contributed by atoms with E-state index in [9.17, 15) is 0 Å². The average molecular weight is 604 g/mol. The smallest absolute Gasteiger partial charge is 0.0709 e. The number of rotatable bonds is 5. The van der Waals surface area contributed by atoms with Gasteiger partial charge in [-0.2, -0.15) is 0 Å². The molecule has 3 heteroatoms. The zero-order chi connectivity index (χ0) is 31.2. The van der Waals surface area contributed by atoms with Gasteiger partial charge in [0.05, 0.1) is 22.4 Å². The van der Waals surface area contributed by atoms with E-state index >= 15 is 0 Å². The van der Waals surface area contributed by atoms with Crippen LogP contribution in [0.25, 0.3) is 77.4 Å². The number of allylic oxidation sites excluding steroid dienone is 6. The number of hydrogen-bond donors (Lipinski definition) is 1. The van der Waals surface area contributed by atoms with Gasteiger partial charge in [0.15, 0.2) is 0 Å². The fourth-order valence-corrected chi connectivity index (χ4v) is 7.09. The van der Waals surface area contributed by atoms with Crippen molar-refractivity contribution >= 4 is 43.8 Å². The number of aromatic nitrogens is 2. The second-order valence-corrected chi connectivity index (χ2v) is 12.3. The van der Waals surface area contributed by atoms with Crippen molar-refractivity contribution in [1.29, 1.82) is 0 Å². The Morgan fingerprint density at radius 1 is 0.553 bits per heavy atom. The molecule has 3 heterocycles. The fourth-order valence-electron chi connectivity index (χ4n) is 7.09. The summed E-state index contributed by atoms with van der Waals surface area (Å²) in [7, 11) is 0. The molecule has 5 aromatic carbocycles. The topological polar surface area (TPSA) is 29.9 Å². The lowest BCUT2D eigenvalue weighted by Crippen LogP contribution is -2.08. The molecule has 0 bridgehead atoms. The molecule has 47 heavy (non-hydrogen) atoms.